The summed E-state index contributed by atoms with van der Waals surface area (Å²) in [6, 6.07) is 9.17. The first-order valence-corrected chi connectivity index (χ1v) is 14.8. The van der Waals surface area contributed by atoms with Gasteiger partial charge >= 0.3 is 5.97 Å². The van der Waals surface area contributed by atoms with Gasteiger partial charge in [-0.15, -0.1) is 0 Å². The van der Waals surface area contributed by atoms with Crippen molar-refractivity contribution >= 4 is 11.5 Å². The molecule has 0 amide bonds. The molecule has 220 valence electrons. The van der Waals surface area contributed by atoms with Gasteiger partial charge < -0.3 is 9.84 Å². The second-order valence-corrected chi connectivity index (χ2v) is 11.7. The Morgan fingerprint density at radius 1 is 1.02 bits per heavy atom. The number of hydrogen-bond donors (Lipinski definition) is 1. The topological polar surface area (TPSA) is 46.5 Å². The van der Waals surface area contributed by atoms with Crippen LogP contribution < -0.4 is 0 Å². The molecule has 4 rings (SSSR count). The Morgan fingerprint density at radius 3 is 2.24 bits per heavy atom. The SMILES string of the molecule is C=C(C)C(=O)OCC(CO)Cc1ccc(-c2c(F)cc(C3=C(F)C=C(C4CCC(CCC)CC4)CC3)cc2F)cc1. The molecule has 1 fully saturated rings. The summed E-state index contributed by atoms with van der Waals surface area (Å²) in [5.41, 5.74) is 3.05. The van der Waals surface area contributed by atoms with Crippen molar-refractivity contribution in [2.45, 2.75) is 71.6 Å². The zero-order chi connectivity index (χ0) is 29.5. The van der Waals surface area contributed by atoms with Crippen LogP contribution >= 0.6 is 0 Å². The van der Waals surface area contributed by atoms with Crippen molar-refractivity contribution in [3.63, 3.8) is 0 Å². The smallest absolute Gasteiger partial charge is 0.333 e. The Kier molecular flexibility index (Phi) is 10.7. The lowest BCUT2D eigenvalue weighted by atomic mass is 9.74. The van der Waals surface area contributed by atoms with Gasteiger partial charge in [-0.3, -0.25) is 0 Å². The van der Waals surface area contributed by atoms with Crippen LogP contribution in [0.25, 0.3) is 16.7 Å². The van der Waals surface area contributed by atoms with Crippen LogP contribution in [0.3, 0.4) is 0 Å². The molecule has 0 saturated heterocycles. The first-order chi connectivity index (χ1) is 19.7. The van der Waals surface area contributed by atoms with Gasteiger partial charge in [0.05, 0.1) is 12.2 Å². The van der Waals surface area contributed by atoms with Gasteiger partial charge in [-0.1, -0.05) is 56.2 Å². The van der Waals surface area contributed by atoms with Crippen molar-refractivity contribution in [2.24, 2.45) is 17.8 Å². The molecule has 0 radical (unpaired) electrons. The van der Waals surface area contributed by atoms with Gasteiger partial charge in [0.15, 0.2) is 0 Å². The summed E-state index contributed by atoms with van der Waals surface area (Å²) >= 11 is 0. The Morgan fingerprint density at radius 2 is 1.68 bits per heavy atom. The lowest BCUT2D eigenvalue weighted by Crippen LogP contribution is -2.19. The minimum absolute atomic E-state index is 0.0395. The summed E-state index contributed by atoms with van der Waals surface area (Å²) in [6.07, 6.45) is 10.3. The maximum Gasteiger partial charge on any atom is 0.333 e. The van der Waals surface area contributed by atoms with Crippen molar-refractivity contribution in [2.75, 3.05) is 13.2 Å². The van der Waals surface area contributed by atoms with Crippen LogP contribution in [0.5, 0.6) is 0 Å². The van der Waals surface area contributed by atoms with Gasteiger partial charge in [-0.2, -0.15) is 0 Å². The number of ether oxygens (including phenoxy) is 1. The lowest BCUT2D eigenvalue weighted by Gasteiger charge is -2.31. The largest absolute Gasteiger partial charge is 0.462 e. The Balaban J connectivity index is 1.45. The number of halogens is 3. The van der Waals surface area contributed by atoms with Crippen molar-refractivity contribution in [3.8, 4) is 11.1 Å². The molecule has 0 aromatic heterocycles. The second kappa shape index (κ2) is 14.2. The van der Waals surface area contributed by atoms with E-state index in [1.54, 1.807) is 37.3 Å². The van der Waals surface area contributed by atoms with Crippen LogP contribution in [0.4, 0.5) is 13.2 Å². The van der Waals surface area contributed by atoms with Gasteiger partial charge in [0.2, 0.25) is 0 Å². The van der Waals surface area contributed by atoms with Crippen LogP contribution in [0.2, 0.25) is 0 Å². The standard InChI is InChI=1S/C35H41F3O3/c1-4-5-23-6-10-26(11-7-23)28-14-15-30(31(36)17-28)29-18-32(37)34(33(38)19-29)27-12-8-24(9-13-27)16-25(20-39)21-41-35(40)22(2)3/h8-9,12-13,17-19,23,25-26,39H,2,4-7,10-11,14-16,20-21H2,1,3H3. The number of carbonyl (C=O) groups excluding carboxylic acids is 1. The third kappa shape index (κ3) is 7.79. The third-order valence-electron chi connectivity index (χ3n) is 8.55. The minimum Gasteiger partial charge on any atom is -0.462 e. The highest BCUT2D eigenvalue weighted by molar-refractivity contribution is 5.86. The second-order valence-electron chi connectivity index (χ2n) is 11.7. The fourth-order valence-corrected chi connectivity index (χ4v) is 6.20. The van der Waals surface area contributed by atoms with E-state index in [1.165, 1.54) is 37.8 Å². The fourth-order valence-electron chi connectivity index (χ4n) is 6.20. The van der Waals surface area contributed by atoms with Gasteiger partial charge in [0.1, 0.15) is 17.5 Å². The molecular weight excluding hydrogens is 525 g/mol. The molecule has 0 aliphatic heterocycles. The number of aliphatic hydroxyl groups excluding tert-OH is 1. The Bertz CT molecular complexity index is 1280. The van der Waals surface area contributed by atoms with Gasteiger partial charge in [-0.25, -0.2) is 18.0 Å². The van der Waals surface area contributed by atoms with Crippen LogP contribution in [0, 0.1) is 29.4 Å². The van der Waals surface area contributed by atoms with Crippen LogP contribution in [-0.2, 0) is 16.0 Å². The van der Waals surface area contributed by atoms with E-state index in [-0.39, 0.29) is 41.7 Å². The van der Waals surface area contributed by atoms with E-state index in [9.17, 15) is 9.90 Å². The van der Waals surface area contributed by atoms with Crippen LogP contribution in [0.15, 0.2) is 66.0 Å². The highest BCUT2D eigenvalue weighted by Gasteiger charge is 2.27. The number of hydrogen-bond acceptors (Lipinski definition) is 3. The summed E-state index contributed by atoms with van der Waals surface area (Å²) in [5.74, 6) is -1.50. The molecule has 1 N–H and O–H groups in total. The van der Waals surface area contributed by atoms with E-state index in [4.69, 9.17) is 4.74 Å². The zero-order valence-corrected chi connectivity index (χ0v) is 24.2. The number of aliphatic hydroxyl groups is 1. The quantitative estimate of drug-likeness (QED) is 0.218. The predicted molar refractivity (Wildman–Crippen MR) is 158 cm³/mol. The summed E-state index contributed by atoms with van der Waals surface area (Å²) < 4.78 is 50.9. The monoisotopic (exact) mass is 566 g/mol. The molecule has 6 heteroatoms. The number of esters is 1. The maximum absolute atomic E-state index is 15.3. The van der Waals surface area contributed by atoms with E-state index in [0.717, 1.165) is 36.3 Å². The molecule has 2 aliphatic carbocycles. The predicted octanol–water partition coefficient (Wildman–Crippen LogP) is 8.91. The average Bonchev–Trinajstić information content (AvgIpc) is 2.96. The van der Waals surface area contributed by atoms with Crippen molar-refractivity contribution in [3.05, 3.63) is 88.8 Å². The van der Waals surface area contributed by atoms with E-state index in [2.05, 4.69) is 13.5 Å². The molecule has 2 aromatic carbocycles. The van der Waals surface area contributed by atoms with E-state index in [0.29, 0.717) is 29.9 Å². The van der Waals surface area contributed by atoms with Crippen molar-refractivity contribution in [1.82, 2.24) is 0 Å². The highest BCUT2D eigenvalue weighted by atomic mass is 19.1. The number of carbonyl (C=O) groups is 1. The summed E-state index contributed by atoms with van der Waals surface area (Å²) in [6.45, 7) is 7.16. The molecule has 2 aromatic rings. The van der Waals surface area contributed by atoms with Gasteiger partial charge in [0, 0.05) is 18.1 Å². The molecule has 0 spiro atoms. The van der Waals surface area contributed by atoms with Crippen LogP contribution in [-0.4, -0.2) is 24.3 Å². The molecular formula is C35H41F3O3. The molecule has 41 heavy (non-hydrogen) atoms. The highest BCUT2D eigenvalue weighted by Crippen LogP contribution is 2.42. The molecule has 1 unspecified atom stereocenters. The Hall–Kier alpha value is -3.12. The average molecular weight is 567 g/mol. The summed E-state index contributed by atoms with van der Waals surface area (Å²) in [4.78, 5) is 11.6. The van der Waals surface area contributed by atoms with Crippen molar-refractivity contribution in [1.29, 1.82) is 0 Å². The number of benzene rings is 2. The maximum atomic E-state index is 15.3. The van der Waals surface area contributed by atoms with E-state index >= 15 is 13.2 Å². The summed E-state index contributed by atoms with van der Waals surface area (Å²) in [7, 11) is 0. The number of allylic oxidation sites excluding steroid dienone is 4. The third-order valence-corrected chi connectivity index (χ3v) is 8.55. The molecule has 3 nitrogen and oxygen atoms in total. The minimum atomic E-state index is -0.739. The zero-order valence-electron chi connectivity index (χ0n) is 24.2. The van der Waals surface area contributed by atoms with Crippen LogP contribution in [0.1, 0.15) is 76.3 Å². The van der Waals surface area contributed by atoms with Crippen molar-refractivity contribution < 1.29 is 27.8 Å². The van der Waals surface area contributed by atoms with E-state index in [1.807, 2.05) is 0 Å². The van der Waals surface area contributed by atoms with E-state index < -0.39 is 17.6 Å². The lowest BCUT2D eigenvalue weighted by molar-refractivity contribution is -0.140. The molecule has 1 saturated carbocycles. The fraction of sp³-hybridized carbons (Fsp3) is 0.457. The first-order valence-electron chi connectivity index (χ1n) is 14.8. The summed E-state index contributed by atoms with van der Waals surface area (Å²) in [5, 5.41) is 9.66. The first kappa shape index (κ1) is 30.8. The van der Waals surface area contributed by atoms with Gasteiger partial charge in [-0.05, 0) is 104 Å². The molecule has 2 aliphatic rings. The molecule has 0 heterocycles. The molecule has 1 atom stereocenters. The van der Waals surface area contributed by atoms with Gasteiger partial charge in [0.25, 0.3) is 0 Å². The molecule has 0 bridgehead atoms. The normalized spacial score (nSPS) is 20.0. The Labute approximate surface area is 241 Å². The number of rotatable bonds is 11.